The van der Waals surface area contributed by atoms with Crippen molar-refractivity contribution >= 4 is 5.97 Å². The molecule has 18 heavy (non-hydrogen) atoms. The summed E-state index contributed by atoms with van der Waals surface area (Å²) in [7, 11) is 0. The zero-order chi connectivity index (χ0) is 13.8. The van der Waals surface area contributed by atoms with Crippen LogP contribution in [0.2, 0.25) is 0 Å². The average Bonchev–Trinajstić information content (AvgIpc) is 2.28. The van der Waals surface area contributed by atoms with E-state index in [1.807, 2.05) is 12.2 Å². The second-order valence-corrected chi connectivity index (χ2v) is 3.82. The van der Waals surface area contributed by atoms with Crippen molar-refractivity contribution in [3.63, 3.8) is 0 Å². The number of alkyl halides is 3. The van der Waals surface area contributed by atoms with Crippen molar-refractivity contribution in [1.82, 2.24) is 5.32 Å². The van der Waals surface area contributed by atoms with E-state index in [0.29, 0.717) is 12.0 Å². The molecule has 1 aromatic rings. The fraction of sp³-hybridized carbons (Fsp3) is 0.417. The molecule has 0 saturated carbocycles. The molecular weight excluding hydrogens is 247 g/mol. The number of hydrogen-bond acceptors (Lipinski definition) is 2. The van der Waals surface area contributed by atoms with Gasteiger partial charge in [-0.05, 0) is 17.5 Å². The summed E-state index contributed by atoms with van der Waals surface area (Å²) in [5, 5.41) is 11.0. The Bertz CT molecular complexity index is 418. The third-order valence-corrected chi connectivity index (χ3v) is 2.50. The lowest BCUT2D eigenvalue weighted by atomic mass is 9.98. The minimum atomic E-state index is -4.44. The minimum absolute atomic E-state index is 0.372. The second kappa shape index (κ2) is 5.86. The van der Waals surface area contributed by atoms with Gasteiger partial charge < -0.3 is 5.11 Å². The van der Waals surface area contributed by atoms with E-state index >= 15 is 0 Å². The van der Waals surface area contributed by atoms with Gasteiger partial charge in [-0.2, -0.15) is 13.2 Å². The van der Waals surface area contributed by atoms with Gasteiger partial charge in [0.1, 0.15) is 6.04 Å². The van der Waals surface area contributed by atoms with Gasteiger partial charge in [-0.25, -0.2) is 0 Å². The lowest BCUT2D eigenvalue weighted by molar-refractivity contribution is -0.143. The highest BCUT2D eigenvalue weighted by atomic mass is 19.4. The summed E-state index contributed by atoms with van der Waals surface area (Å²) >= 11 is 0. The number of hydrogen-bond donors (Lipinski definition) is 2. The van der Waals surface area contributed by atoms with E-state index in [-0.39, 0.29) is 0 Å². The number of nitrogens with one attached hydrogen (secondary N) is 1. The molecule has 0 amide bonds. The highest BCUT2D eigenvalue weighted by molar-refractivity contribution is 5.76. The first-order valence-corrected chi connectivity index (χ1v) is 5.46. The van der Waals surface area contributed by atoms with Crippen molar-refractivity contribution in [3.8, 4) is 0 Å². The van der Waals surface area contributed by atoms with Gasteiger partial charge in [0, 0.05) is 0 Å². The van der Waals surface area contributed by atoms with E-state index in [9.17, 15) is 18.0 Å². The Balaban J connectivity index is 2.94. The van der Waals surface area contributed by atoms with Crippen LogP contribution in [0.3, 0.4) is 0 Å². The molecule has 0 aliphatic heterocycles. The van der Waals surface area contributed by atoms with E-state index < -0.39 is 24.7 Å². The molecule has 100 valence electrons. The smallest absolute Gasteiger partial charge is 0.401 e. The SMILES string of the molecule is CCc1ccccc1C(NCC(F)(F)F)C(=O)O. The number of carboxylic acid groups (broad SMARTS) is 1. The molecule has 0 aromatic heterocycles. The molecule has 2 N–H and O–H groups in total. The Morgan fingerprint density at radius 1 is 1.39 bits per heavy atom. The first-order chi connectivity index (χ1) is 8.35. The standard InChI is InChI=1S/C12H14F3NO2/c1-2-8-5-3-4-6-9(8)10(11(17)18)16-7-12(13,14)15/h3-6,10,16H,2,7H2,1H3,(H,17,18). The summed E-state index contributed by atoms with van der Waals surface area (Å²) in [6.45, 7) is 0.490. The molecule has 3 nitrogen and oxygen atoms in total. The van der Waals surface area contributed by atoms with Crippen LogP contribution >= 0.6 is 0 Å². The summed E-state index contributed by atoms with van der Waals surface area (Å²) in [4.78, 5) is 11.1. The zero-order valence-electron chi connectivity index (χ0n) is 9.79. The Hall–Kier alpha value is -1.56. The lowest BCUT2D eigenvalue weighted by Gasteiger charge is -2.18. The number of carbonyl (C=O) groups is 1. The molecule has 0 radical (unpaired) electrons. The maximum Gasteiger partial charge on any atom is 0.401 e. The molecule has 1 aromatic carbocycles. The predicted octanol–water partition coefficient (Wildman–Crippen LogP) is 2.53. The van der Waals surface area contributed by atoms with Crippen molar-refractivity contribution in [3.05, 3.63) is 35.4 Å². The number of aryl methyl sites for hydroxylation is 1. The van der Waals surface area contributed by atoms with Crippen LogP contribution in [-0.2, 0) is 11.2 Å². The van der Waals surface area contributed by atoms with Gasteiger partial charge >= 0.3 is 12.1 Å². The largest absolute Gasteiger partial charge is 0.480 e. The summed E-state index contributed by atoms with van der Waals surface area (Å²) in [5.74, 6) is -1.32. The quantitative estimate of drug-likeness (QED) is 0.856. The number of carboxylic acids is 1. The summed E-state index contributed by atoms with van der Waals surface area (Å²) in [5.41, 5.74) is 1.09. The van der Waals surface area contributed by atoms with Gasteiger partial charge in [0.15, 0.2) is 0 Å². The van der Waals surface area contributed by atoms with Crippen LogP contribution in [0.4, 0.5) is 13.2 Å². The predicted molar refractivity (Wildman–Crippen MR) is 60.3 cm³/mol. The average molecular weight is 261 g/mol. The Morgan fingerprint density at radius 3 is 2.50 bits per heavy atom. The van der Waals surface area contributed by atoms with Crippen LogP contribution in [-0.4, -0.2) is 23.8 Å². The maximum absolute atomic E-state index is 12.1. The lowest BCUT2D eigenvalue weighted by Crippen LogP contribution is -2.36. The highest BCUT2D eigenvalue weighted by Gasteiger charge is 2.31. The molecule has 0 heterocycles. The maximum atomic E-state index is 12.1. The molecule has 0 aliphatic rings. The van der Waals surface area contributed by atoms with Crippen molar-refractivity contribution in [2.45, 2.75) is 25.6 Å². The minimum Gasteiger partial charge on any atom is -0.480 e. The molecule has 1 atom stereocenters. The van der Waals surface area contributed by atoms with Crippen molar-refractivity contribution in [2.75, 3.05) is 6.54 Å². The molecule has 0 fully saturated rings. The van der Waals surface area contributed by atoms with E-state index in [1.54, 1.807) is 18.2 Å². The molecule has 0 aliphatic carbocycles. The number of benzene rings is 1. The van der Waals surface area contributed by atoms with Crippen molar-refractivity contribution < 1.29 is 23.1 Å². The van der Waals surface area contributed by atoms with E-state index in [1.165, 1.54) is 6.07 Å². The summed E-state index contributed by atoms with van der Waals surface area (Å²) < 4.78 is 36.4. The first kappa shape index (κ1) is 14.5. The fourth-order valence-corrected chi connectivity index (χ4v) is 1.69. The third kappa shape index (κ3) is 4.03. The summed E-state index contributed by atoms with van der Waals surface area (Å²) in [6.07, 6.45) is -3.87. The second-order valence-electron chi connectivity index (χ2n) is 3.82. The normalized spacial score (nSPS) is 13.3. The van der Waals surface area contributed by atoms with Gasteiger partial charge in [-0.15, -0.1) is 0 Å². The monoisotopic (exact) mass is 261 g/mol. The van der Waals surface area contributed by atoms with Gasteiger partial charge in [-0.3, -0.25) is 10.1 Å². The number of halogens is 3. The first-order valence-electron chi connectivity index (χ1n) is 5.46. The van der Waals surface area contributed by atoms with Crippen LogP contribution in [0.1, 0.15) is 24.1 Å². The van der Waals surface area contributed by atoms with Crippen LogP contribution in [0.15, 0.2) is 24.3 Å². The topological polar surface area (TPSA) is 49.3 Å². The van der Waals surface area contributed by atoms with Crippen LogP contribution in [0.5, 0.6) is 0 Å². The fourth-order valence-electron chi connectivity index (χ4n) is 1.69. The molecule has 1 unspecified atom stereocenters. The van der Waals surface area contributed by atoms with Gasteiger partial charge in [0.05, 0.1) is 6.54 Å². The van der Waals surface area contributed by atoms with Crippen LogP contribution < -0.4 is 5.32 Å². The molecular formula is C12H14F3NO2. The molecule has 0 spiro atoms. The van der Waals surface area contributed by atoms with E-state index in [0.717, 1.165) is 5.56 Å². The van der Waals surface area contributed by atoms with Crippen LogP contribution in [0.25, 0.3) is 0 Å². The molecule has 6 heteroatoms. The van der Waals surface area contributed by atoms with E-state index in [4.69, 9.17) is 5.11 Å². The highest BCUT2D eigenvalue weighted by Crippen LogP contribution is 2.21. The molecule has 1 rings (SSSR count). The van der Waals surface area contributed by atoms with E-state index in [2.05, 4.69) is 0 Å². The number of aliphatic carboxylic acids is 1. The Kier molecular flexibility index (Phi) is 4.72. The van der Waals surface area contributed by atoms with Crippen molar-refractivity contribution in [1.29, 1.82) is 0 Å². The zero-order valence-corrected chi connectivity index (χ0v) is 9.79. The molecule has 0 saturated heterocycles. The van der Waals surface area contributed by atoms with Crippen LogP contribution in [0, 0.1) is 0 Å². The van der Waals surface area contributed by atoms with Gasteiger partial charge in [-0.1, -0.05) is 31.2 Å². The van der Waals surface area contributed by atoms with Gasteiger partial charge in [0.2, 0.25) is 0 Å². The summed E-state index contributed by atoms with van der Waals surface area (Å²) in [6, 6.07) is 5.23. The molecule has 0 bridgehead atoms. The van der Waals surface area contributed by atoms with Crippen molar-refractivity contribution in [2.24, 2.45) is 0 Å². The third-order valence-electron chi connectivity index (χ3n) is 2.50. The van der Waals surface area contributed by atoms with Gasteiger partial charge in [0.25, 0.3) is 0 Å². The number of rotatable bonds is 5. The Labute approximate surface area is 103 Å². The Morgan fingerprint density at radius 2 is 2.00 bits per heavy atom.